The average Bonchev–Trinajstić information content (AvgIpc) is 2.36. The minimum atomic E-state index is -0.386. The summed E-state index contributed by atoms with van der Waals surface area (Å²) in [5.41, 5.74) is 5.66. The van der Waals surface area contributed by atoms with Crippen LogP contribution >= 0.6 is 0 Å². The van der Waals surface area contributed by atoms with Crippen molar-refractivity contribution in [3.8, 4) is 5.75 Å². The van der Waals surface area contributed by atoms with Crippen molar-refractivity contribution in [3.63, 3.8) is 0 Å². The molecule has 0 aliphatic heterocycles. The Morgan fingerprint density at radius 2 is 2.12 bits per heavy atom. The number of amides is 1. The second-order valence-electron chi connectivity index (χ2n) is 4.08. The van der Waals surface area contributed by atoms with Crippen LogP contribution in [0.15, 0.2) is 18.5 Å². The van der Waals surface area contributed by atoms with E-state index in [-0.39, 0.29) is 17.2 Å². The molecule has 0 saturated carbocycles. The van der Waals surface area contributed by atoms with Crippen molar-refractivity contribution in [1.29, 1.82) is 0 Å². The highest BCUT2D eigenvalue weighted by molar-refractivity contribution is 5.94. The molecule has 0 aliphatic carbocycles. The molecule has 4 N–H and O–H groups in total. The maximum absolute atomic E-state index is 12.0. The number of hydrogen-bond acceptors (Lipinski definition) is 4. The van der Waals surface area contributed by atoms with Crippen LogP contribution < -0.4 is 11.1 Å². The normalized spacial score (nSPS) is 11.2. The van der Waals surface area contributed by atoms with Crippen molar-refractivity contribution < 1.29 is 9.90 Å². The summed E-state index contributed by atoms with van der Waals surface area (Å²) in [6, 6.07) is 1.38. The minimum Gasteiger partial charge on any atom is -0.506 e. The lowest BCUT2D eigenvalue weighted by Crippen LogP contribution is -2.52. The van der Waals surface area contributed by atoms with Gasteiger partial charge in [0.05, 0.1) is 17.3 Å². The Morgan fingerprint density at radius 3 is 2.59 bits per heavy atom. The first-order chi connectivity index (χ1) is 8.06. The number of carbonyl (C=O) groups is 1. The maximum atomic E-state index is 12.0. The summed E-state index contributed by atoms with van der Waals surface area (Å²) in [6.07, 6.45) is 4.23. The van der Waals surface area contributed by atoms with Gasteiger partial charge in [-0.25, -0.2) is 0 Å². The predicted octanol–water partition coefficient (Wildman–Crippen LogP) is 1.03. The first kappa shape index (κ1) is 13.4. The third-order valence-corrected chi connectivity index (χ3v) is 3.11. The summed E-state index contributed by atoms with van der Waals surface area (Å²) in [4.78, 5) is 15.7. The van der Waals surface area contributed by atoms with Crippen molar-refractivity contribution in [2.45, 2.75) is 32.2 Å². The van der Waals surface area contributed by atoms with Crippen LogP contribution in [-0.4, -0.2) is 28.1 Å². The molecule has 0 fully saturated rings. The number of aromatic hydroxyl groups is 1. The molecule has 0 bridgehead atoms. The number of carbonyl (C=O) groups excluding carboxylic acids is 1. The lowest BCUT2D eigenvalue weighted by molar-refractivity contribution is 0.0894. The first-order valence-electron chi connectivity index (χ1n) is 5.73. The molecule has 0 aliphatic rings. The standard InChI is InChI=1S/C12H19N3O2/c1-3-12(4-2,8-13)15-11(17)9-5-10(16)7-14-6-9/h5-7,16H,3-4,8,13H2,1-2H3,(H,15,17). The van der Waals surface area contributed by atoms with Crippen molar-refractivity contribution in [3.05, 3.63) is 24.0 Å². The zero-order valence-corrected chi connectivity index (χ0v) is 10.2. The number of hydrogen-bond donors (Lipinski definition) is 3. The molecule has 1 aromatic rings. The van der Waals surface area contributed by atoms with Gasteiger partial charge in [0.15, 0.2) is 0 Å². The molecule has 17 heavy (non-hydrogen) atoms. The minimum absolute atomic E-state index is 0.0241. The average molecular weight is 237 g/mol. The lowest BCUT2D eigenvalue weighted by Gasteiger charge is -2.31. The van der Waals surface area contributed by atoms with Gasteiger partial charge in [0.25, 0.3) is 5.91 Å². The van der Waals surface area contributed by atoms with Crippen LogP contribution in [0.5, 0.6) is 5.75 Å². The van der Waals surface area contributed by atoms with Gasteiger partial charge in [0, 0.05) is 12.7 Å². The van der Waals surface area contributed by atoms with Gasteiger partial charge < -0.3 is 16.2 Å². The highest BCUT2D eigenvalue weighted by Crippen LogP contribution is 2.15. The summed E-state index contributed by atoms with van der Waals surface area (Å²) in [5, 5.41) is 12.2. The van der Waals surface area contributed by atoms with E-state index in [1.165, 1.54) is 18.5 Å². The number of nitrogens with zero attached hydrogens (tertiary/aromatic N) is 1. The number of pyridine rings is 1. The summed E-state index contributed by atoms with van der Waals surface area (Å²) < 4.78 is 0. The number of rotatable bonds is 5. The first-order valence-corrected chi connectivity index (χ1v) is 5.73. The third-order valence-electron chi connectivity index (χ3n) is 3.11. The van der Waals surface area contributed by atoms with E-state index in [0.717, 1.165) is 12.8 Å². The van der Waals surface area contributed by atoms with E-state index in [9.17, 15) is 9.90 Å². The van der Waals surface area contributed by atoms with Gasteiger partial charge in [-0.05, 0) is 18.9 Å². The van der Waals surface area contributed by atoms with Crippen LogP contribution in [0, 0.1) is 0 Å². The fourth-order valence-electron chi connectivity index (χ4n) is 1.63. The molecular formula is C12H19N3O2. The van der Waals surface area contributed by atoms with Crippen LogP contribution in [0.3, 0.4) is 0 Å². The summed E-state index contributed by atoms with van der Waals surface area (Å²) in [5.74, 6) is -0.286. The lowest BCUT2D eigenvalue weighted by atomic mass is 9.92. The molecule has 0 saturated heterocycles. The molecule has 0 unspecified atom stereocenters. The molecule has 1 aromatic heterocycles. The van der Waals surface area contributed by atoms with Gasteiger partial charge in [-0.2, -0.15) is 0 Å². The fraction of sp³-hybridized carbons (Fsp3) is 0.500. The highest BCUT2D eigenvalue weighted by Gasteiger charge is 2.26. The molecule has 0 spiro atoms. The van der Waals surface area contributed by atoms with Gasteiger partial charge in [0.1, 0.15) is 5.75 Å². The second kappa shape index (κ2) is 5.63. The summed E-state index contributed by atoms with van der Waals surface area (Å²) >= 11 is 0. The third kappa shape index (κ3) is 3.17. The van der Waals surface area contributed by atoms with E-state index in [1.807, 2.05) is 13.8 Å². The Morgan fingerprint density at radius 1 is 1.47 bits per heavy atom. The molecular weight excluding hydrogens is 218 g/mol. The van der Waals surface area contributed by atoms with Crippen molar-refractivity contribution in [2.75, 3.05) is 6.54 Å². The van der Waals surface area contributed by atoms with Crippen LogP contribution in [0.4, 0.5) is 0 Å². The topological polar surface area (TPSA) is 88.2 Å². The van der Waals surface area contributed by atoms with E-state index in [2.05, 4.69) is 10.3 Å². The number of nitrogens with one attached hydrogen (secondary N) is 1. The molecule has 94 valence electrons. The Labute approximate surface area is 101 Å². The van der Waals surface area contributed by atoms with Gasteiger partial charge in [0.2, 0.25) is 0 Å². The molecule has 0 atom stereocenters. The van der Waals surface area contributed by atoms with Crippen LogP contribution in [0.25, 0.3) is 0 Å². The zero-order valence-electron chi connectivity index (χ0n) is 10.2. The van der Waals surface area contributed by atoms with E-state index >= 15 is 0 Å². The van der Waals surface area contributed by atoms with E-state index in [4.69, 9.17) is 5.73 Å². The Hall–Kier alpha value is -1.62. The number of nitrogens with two attached hydrogens (primary N) is 1. The molecule has 0 aromatic carbocycles. The van der Waals surface area contributed by atoms with Crippen LogP contribution in [0.2, 0.25) is 0 Å². The maximum Gasteiger partial charge on any atom is 0.253 e. The molecule has 0 radical (unpaired) electrons. The Bertz CT molecular complexity index is 381. The zero-order chi connectivity index (χ0) is 12.9. The molecule has 5 heteroatoms. The van der Waals surface area contributed by atoms with E-state index in [1.54, 1.807) is 0 Å². The fourth-order valence-corrected chi connectivity index (χ4v) is 1.63. The van der Waals surface area contributed by atoms with Crippen LogP contribution in [0.1, 0.15) is 37.0 Å². The Balaban J connectivity index is 2.84. The van der Waals surface area contributed by atoms with Gasteiger partial charge >= 0.3 is 0 Å². The van der Waals surface area contributed by atoms with Crippen molar-refractivity contribution >= 4 is 5.91 Å². The van der Waals surface area contributed by atoms with Gasteiger partial charge in [-0.1, -0.05) is 13.8 Å². The van der Waals surface area contributed by atoms with Crippen molar-refractivity contribution in [2.24, 2.45) is 5.73 Å². The van der Waals surface area contributed by atoms with Crippen LogP contribution in [-0.2, 0) is 0 Å². The van der Waals surface area contributed by atoms with Gasteiger partial charge in [-0.15, -0.1) is 0 Å². The number of aromatic nitrogens is 1. The second-order valence-corrected chi connectivity index (χ2v) is 4.08. The Kier molecular flexibility index (Phi) is 4.45. The predicted molar refractivity (Wildman–Crippen MR) is 65.7 cm³/mol. The van der Waals surface area contributed by atoms with E-state index in [0.29, 0.717) is 12.1 Å². The SMILES string of the molecule is CCC(CC)(CN)NC(=O)c1cncc(O)c1. The quantitative estimate of drug-likeness (QED) is 0.713. The molecule has 1 heterocycles. The molecule has 1 amide bonds. The smallest absolute Gasteiger partial charge is 0.253 e. The largest absolute Gasteiger partial charge is 0.506 e. The highest BCUT2D eigenvalue weighted by atomic mass is 16.3. The summed E-state index contributed by atoms with van der Waals surface area (Å²) in [6.45, 7) is 4.35. The molecule has 1 rings (SSSR count). The summed E-state index contributed by atoms with van der Waals surface area (Å²) in [7, 11) is 0. The van der Waals surface area contributed by atoms with Gasteiger partial charge in [-0.3, -0.25) is 9.78 Å². The van der Waals surface area contributed by atoms with E-state index < -0.39 is 0 Å². The van der Waals surface area contributed by atoms with Crippen molar-refractivity contribution in [1.82, 2.24) is 10.3 Å². The molecule has 5 nitrogen and oxygen atoms in total. The monoisotopic (exact) mass is 237 g/mol.